The minimum absolute atomic E-state index is 0.330. The number of thiophene rings is 1. The molecule has 1 amide bonds. The van der Waals surface area contributed by atoms with Crippen LogP contribution in [0.25, 0.3) is 11.1 Å². The summed E-state index contributed by atoms with van der Waals surface area (Å²) in [6, 6.07) is 17.7. The SMILES string of the molecule is CC(=O)Oc1ccc(-c2ccc(C(=O)OCC(=O)NCc3cccs3)cc2)cc1. The molecule has 0 radical (unpaired) electrons. The number of carbonyl (C=O) groups is 3. The first-order chi connectivity index (χ1) is 14.0. The van der Waals surface area contributed by atoms with Crippen LogP contribution in [0.4, 0.5) is 0 Å². The molecular formula is C22H19NO5S. The zero-order chi connectivity index (χ0) is 20.6. The Kier molecular flexibility index (Phi) is 6.76. The molecule has 0 fully saturated rings. The van der Waals surface area contributed by atoms with E-state index in [-0.39, 0.29) is 18.5 Å². The maximum atomic E-state index is 12.1. The van der Waals surface area contributed by atoms with Crippen LogP contribution in [0.3, 0.4) is 0 Å². The highest BCUT2D eigenvalue weighted by Crippen LogP contribution is 2.23. The van der Waals surface area contributed by atoms with E-state index in [4.69, 9.17) is 9.47 Å². The van der Waals surface area contributed by atoms with Gasteiger partial charge >= 0.3 is 11.9 Å². The lowest BCUT2D eigenvalue weighted by Gasteiger charge is -2.07. The lowest BCUT2D eigenvalue weighted by molar-refractivity contribution is -0.131. The summed E-state index contributed by atoms with van der Waals surface area (Å²) >= 11 is 1.54. The van der Waals surface area contributed by atoms with Crippen LogP contribution in [0.1, 0.15) is 22.2 Å². The van der Waals surface area contributed by atoms with Crippen LogP contribution in [0.5, 0.6) is 5.75 Å². The van der Waals surface area contributed by atoms with Crippen molar-refractivity contribution in [2.24, 2.45) is 0 Å². The van der Waals surface area contributed by atoms with E-state index in [1.54, 1.807) is 47.7 Å². The number of benzene rings is 2. The number of hydrogen-bond acceptors (Lipinski definition) is 6. The van der Waals surface area contributed by atoms with E-state index in [9.17, 15) is 14.4 Å². The lowest BCUT2D eigenvalue weighted by Crippen LogP contribution is -2.28. The van der Waals surface area contributed by atoms with Gasteiger partial charge in [-0.2, -0.15) is 0 Å². The summed E-state index contributed by atoms with van der Waals surface area (Å²) in [5.74, 6) is -0.816. The maximum Gasteiger partial charge on any atom is 0.338 e. The molecule has 0 aliphatic heterocycles. The average Bonchev–Trinajstić information content (AvgIpc) is 3.24. The third-order valence-corrected chi connectivity index (χ3v) is 4.82. The fourth-order valence-corrected chi connectivity index (χ4v) is 3.19. The van der Waals surface area contributed by atoms with Gasteiger partial charge in [0.15, 0.2) is 6.61 Å². The van der Waals surface area contributed by atoms with Gasteiger partial charge in [0.1, 0.15) is 5.75 Å². The van der Waals surface area contributed by atoms with E-state index < -0.39 is 5.97 Å². The van der Waals surface area contributed by atoms with E-state index in [2.05, 4.69) is 5.32 Å². The normalized spacial score (nSPS) is 10.2. The molecule has 0 bridgehead atoms. The van der Waals surface area contributed by atoms with E-state index in [1.807, 2.05) is 29.6 Å². The summed E-state index contributed by atoms with van der Waals surface area (Å²) in [6.45, 7) is 1.43. The minimum atomic E-state index is -0.562. The molecule has 1 N–H and O–H groups in total. The minimum Gasteiger partial charge on any atom is -0.452 e. The standard InChI is InChI=1S/C22H19NO5S/c1-15(24)28-19-10-8-17(9-11-19)16-4-6-18(7-5-16)22(26)27-14-21(25)23-13-20-3-2-12-29-20/h2-12H,13-14H2,1H3,(H,23,25). The first-order valence-corrected chi connectivity index (χ1v) is 9.74. The van der Waals surface area contributed by atoms with Gasteiger partial charge in [-0.1, -0.05) is 30.3 Å². The molecule has 0 unspecified atom stereocenters. The maximum absolute atomic E-state index is 12.1. The van der Waals surface area contributed by atoms with Gasteiger partial charge < -0.3 is 14.8 Å². The molecule has 29 heavy (non-hydrogen) atoms. The fraction of sp³-hybridized carbons (Fsp3) is 0.136. The van der Waals surface area contributed by atoms with Crippen molar-refractivity contribution >= 4 is 29.2 Å². The Morgan fingerprint density at radius 2 is 1.59 bits per heavy atom. The summed E-state index contributed by atoms with van der Waals surface area (Å²) in [4.78, 5) is 35.9. The largest absolute Gasteiger partial charge is 0.452 e. The second kappa shape index (κ2) is 9.66. The Morgan fingerprint density at radius 1 is 0.931 bits per heavy atom. The molecule has 2 aromatic carbocycles. The zero-order valence-electron chi connectivity index (χ0n) is 15.7. The van der Waals surface area contributed by atoms with Crippen molar-refractivity contribution in [1.82, 2.24) is 5.32 Å². The Bertz CT molecular complexity index is 979. The van der Waals surface area contributed by atoms with Crippen LogP contribution in [-0.4, -0.2) is 24.5 Å². The molecule has 0 saturated carbocycles. The highest BCUT2D eigenvalue weighted by molar-refractivity contribution is 7.09. The number of carbonyl (C=O) groups excluding carboxylic acids is 3. The second-order valence-electron chi connectivity index (χ2n) is 6.13. The van der Waals surface area contributed by atoms with Crippen LogP contribution >= 0.6 is 11.3 Å². The van der Waals surface area contributed by atoms with Crippen molar-refractivity contribution in [3.63, 3.8) is 0 Å². The number of nitrogens with one attached hydrogen (secondary N) is 1. The van der Waals surface area contributed by atoms with Crippen LogP contribution in [0.2, 0.25) is 0 Å². The van der Waals surface area contributed by atoms with E-state index >= 15 is 0 Å². The summed E-state index contributed by atoms with van der Waals surface area (Å²) in [6.07, 6.45) is 0. The molecule has 3 aromatic rings. The Morgan fingerprint density at radius 3 is 2.17 bits per heavy atom. The van der Waals surface area contributed by atoms with Gasteiger partial charge in [-0.25, -0.2) is 4.79 Å². The quantitative estimate of drug-likeness (QED) is 0.474. The van der Waals surface area contributed by atoms with Crippen molar-refractivity contribution in [2.75, 3.05) is 6.61 Å². The van der Waals surface area contributed by atoms with E-state index in [0.29, 0.717) is 17.9 Å². The number of hydrogen-bond donors (Lipinski definition) is 1. The predicted octanol–water partition coefficient (Wildman–Crippen LogP) is 3.81. The molecular weight excluding hydrogens is 390 g/mol. The number of rotatable bonds is 7. The second-order valence-corrected chi connectivity index (χ2v) is 7.16. The third-order valence-electron chi connectivity index (χ3n) is 3.94. The molecule has 148 valence electrons. The molecule has 6 nitrogen and oxygen atoms in total. The summed E-state index contributed by atoms with van der Waals surface area (Å²) < 4.78 is 10.1. The molecule has 0 atom stereocenters. The first-order valence-electron chi connectivity index (χ1n) is 8.86. The Labute approximate surface area is 172 Å². The number of ether oxygens (including phenoxy) is 2. The van der Waals surface area contributed by atoms with Crippen molar-refractivity contribution in [3.05, 3.63) is 76.5 Å². The Hall–Kier alpha value is -3.45. The van der Waals surface area contributed by atoms with Crippen LogP contribution in [0.15, 0.2) is 66.0 Å². The summed E-state index contributed by atoms with van der Waals surface area (Å²) in [5, 5.41) is 4.63. The summed E-state index contributed by atoms with van der Waals surface area (Å²) in [7, 11) is 0. The van der Waals surface area contributed by atoms with Gasteiger partial charge in [0.2, 0.25) is 0 Å². The van der Waals surface area contributed by atoms with Crippen molar-refractivity contribution in [3.8, 4) is 16.9 Å². The molecule has 0 saturated heterocycles. The highest BCUT2D eigenvalue weighted by Gasteiger charge is 2.11. The average molecular weight is 409 g/mol. The highest BCUT2D eigenvalue weighted by atomic mass is 32.1. The number of amides is 1. The van der Waals surface area contributed by atoms with Gasteiger partial charge in [0.25, 0.3) is 5.91 Å². The van der Waals surface area contributed by atoms with Crippen molar-refractivity contribution in [2.45, 2.75) is 13.5 Å². The van der Waals surface area contributed by atoms with Gasteiger partial charge in [-0.05, 0) is 46.8 Å². The monoisotopic (exact) mass is 409 g/mol. The van der Waals surface area contributed by atoms with E-state index in [1.165, 1.54) is 6.92 Å². The van der Waals surface area contributed by atoms with Crippen molar-refractivity contribution in [1.29, 1.82) is 0 Å². The fourth-order valence-electron chi connectivity index (χ4n) is 2.54. The summed E-state index contributed by atoms with van der Waals surface area (Å²) in [5.41, 5.74) is 2.16. The zero-order valence-corrected chi connectivity index (χ0v) is 16.5. The van der Waals surface area contributed by atoms with Gasteiger partial charge in [0, 0.05) is 11.8 Å². The molecule has 1 aromatic heterocycles. The smallest absolute Gasteiger partial charge is 0.338 e. The molecule has 0 aliphatic rings. The first kappa shape index (κ1) is 20.3. The van der Waals surface area contributed by atoms with Gasteiger partial charge in [-0.3, -0.25) is 9.59 Å². The van der Waals surface area contributed by atoms with Gasteiger partial charge in [0.05, 0.1) is 12.1 Å². The molecule has 0 aliphatic carbocycles. The Balaban J connectivity index is 1.51. The lowest BCUT2D eigenvalue weighted by atomic mass is 10.0. The topological polar surface area (TPSA) is 81.7 Å². The third kappa shape index (κ3) is 6.02. The van der Waals surface area contributed by atoms with Crippen LogP contribution < -0.4 is 10.1 Å². The van der Waals surface area contributed by atoms with Crippen LogP contribution in [-0.2, 0) is 20.9 Å². The molecule has 1 heterocycles. The van der Waals surface area contributed by atoms with Gasteiger partial charge in [-0.15, -0.1) is 11.3 Å². The van der Waals surface area contributed by atoms with Crippen molar-refractivity contribution < 1.29 is 23.9 Å². The molecule has 7 heteroatoms. The predicted molar refractivity (Wildman–Crippen MR) is 110 cm³/mol. The van der Waals surface area contributed by atoms with Crippen LogP contribution in [0, 0.1) is 0 Å². The molecule has 0 spiro atoms. The molecule has 3 rings (SSSR count). The van der Waals surface area contributed by atoms with E-state index in [0.717, 1.165) is 16.0 Å². The number of esters is 2.